The van der Waals surface area contributed by atoms with Gasteiger partial charge in [-0.1, -0.05) is 13.8 Å². The van der Waals surface area contributed by atoms with Gasteiger partial charge in [0, 0.05) is 10.5 Å². The maximum absolute atomic E-state index is 4.92. The van der Waals surface area contributed by atoms with Gasteiger partial charge in [0.05, 0.1) is 0 Å². The molecule has 0 amide bonds. The molecule has 0 radical (unpaired) electrons. The number of hydrogen-bond acceptors (Lipinski definition) is 2. The first-order valence-corrected chi connectivity index (χ1v) is 8.54. The molecule has 4 aliphatic rings. The van der Waals surface area contributed by atoms with Crippen LogP contribution in [0.4, 0.5) is 0 Å². The van der Waals surface area contributed by atoms with E-state index in [1.807, 2.05) is 0 Å². The molecule has 1 spiro atoms. The molecule has 4 fully saturated rings. The Kier molecular flexibility index (Phi) is 1.98. The Hall–Kier alpha value is 0.700. The summed E-state index contributed by atoms with van der Waals surface area (Å²) in [6, 6.07) is 0. The van der Waals surface area contributed by atoms with Gasteiger partial charge in [0.15, 0.2) is 0 Å². The first-order valence-electron chi connectivity index (χ1n) is 6.98. The van der Waals surface area contributed by atoms with Gasteiger partial charge >= 0.3 is 0 Å². The Morgan fingerprint density at radius 1 is 1.38 bits per heavy atom. The van der Waals surface area contributed by atoms with Crippen molar-refractivity contribution >= 4 is 24.4 Å². The molecule has 3 saturated carbocycles. The molecule has 7 atom stereocenters. The highest BCUT2D eigenvalue weighted by molar-refractivity contribution is 8.00. The standard InChI is InChI=1S/C14H22S2/c1-3-13-6-11-14(13,8(2)7-16-11)12-9(13)4-5-10(12)15/h8-12,15H,3-7H2,1-2H3. The van der Waals surface area contributed by atoms with Gasteiger partial charge in [0.25, 0.3) is 0 Å². The average Bonchev–Trinajstić information content (AvgIpc) is 2.72. The van der Waals surface area contributed by atoms with E-state index in [0.29, 0.717) is 0 Å². The van der Waals surface area contributed by atoms with Gasteiger partial charge in [-0.2, -0.15) is 24.4 Å². The van der Waals surface area contributed by atoms with E-state index < -0.39 is 0 Å². The molecule has 1 saturated heterocycles. The fraction of sp³-hybridized carbons (Fsp3) is 1.00. The molecule has 0 nitrogen and oxygen atoms in total. The summed E-state index contributed by atoms with van der Waals surface area (Å²) in [6.07, 6.45) is 5.86. The highest BCUT2D eigenvalue weighted by Crippen LogP contribution is 2.87. The summed E-state index contributed by atoms with van der Waals surface area (Å²) in [7, 11) is 0. The molecule has 1 aliphatic heterocycles. The molecule has 90 valence electrons. The molecule has 1 heterocycles. The van der Waals surface area contributed by atoms with Gasteiger partial charge in [0.1, 0.15) is 0 Å². The second-order valence-corrected chi connectivity index (χ2v) is 8.55. The Balaban J connectivity index is 1.81. The molecule has 3 aliphatic carbocycles. The molecule has 0 aromatic heterocycles. The normalized spacial score (nSPS) is 66.6. The summed E-state index contributed by atoms with van der Waals surface area (Å²) >= 11 is 7.20. The Bertz CT molecular complexity index is 334. The van der Waals surface area contributed by atoms with E-state index in [9.17, 15) is 0 Å². The van der Waals surface area contributed by atoms with Gasteiger partial charge in [-0.15, -0.1) is 0 Å². The lowest BCUT2D eigenvalue weighted by Crippen LogP contribution is -2.77. The average molecular weight is 254 g/mol. The summed E-state index contributed by atoms with van der Waals surface area (Å²) in [5.41, 5.74) is 1.50. The van der Waals surface area contributed by atoms with Crippen LogP contribution in [0.15, 0.2) is 0 Å². The SMILES string of the molecule is CCC12CC3SCC(C)C31C1C(S)CCC12. The van der Waals surface area contributed by atoms with Crippen LogP contribution in [-0.2, 0) is 0 Å². The van der Waals surface area contributed by atoms with Crippen molar-refractivity contribution in [3.05, 3.63) is 0 Å². The monoisotopic (exact) mass is 254 g/mol. The Morgan fingerprint density at radius 3 is 2.88 bits per heavy atom. The number of thioether (sulfide) groups is 1. The smallest absolute Gasteiger partial charge is 0.0121 e. The number of fused-ring (bicyclic) bond motifs is 2. The van der Waals surface area contributed by atoms with Gasteiger partial charge in [0.2, 0.25) is 0 Å². The van der Waals surface area contributed by atoms with Gasteiger partial charge in [-0.25, -0.2) is 0 Å². The van der Waals surface area contributed by atoms with Crippen molar-refractivity contribution in [2.75, 3.05) is 5.75 Å². The Morgan fingerprint density at radius 2 is 2.19 bits per heavy atom. The van der Waals surface area contributed by atoms with Gasteiger partial charge in [-0.05, 0) is 60.0 Å². The molecule has 2 heteroatoms. The molecule has 0 bridgehead atoms. The largest absolute Gasteiger partial charge is 0.176 e. The quantitative estimate of drug-likeness (QED) is 0.693. The van der Waals surface area contributed by atoms with Crippen molar-refractivity contribution in [2.45, 2.75) is 50.0 Å². The minimum atomic E-state index is 0.730. The van der Waals surface area contributed by atoms with Crippen molar-refractivity contribution in [1.82, 2.24) is 0 Å². The summed E-state index contributed by atoms with van der Waals surface area (Å²) in [5.74, 6) is 4.43. The zero-order chi connectivity index (χ0) is 11.1. The summed E-state index contributed by atoms with van der Waals surface area (Å²) in [5, 5.41) is 1.74. The zero-order valence-electron chi connectivity index (χ0n) is 10.3. The molecular weight excluding hydrogens is 232 g/mol. The van der Waals surface area contributed by atoms with E-state index >= 15 is 0 Å². The van der Waals surface area contributed by atoms with Crippen LogP contribution in [0.25, 0.3) is 0 Å². The molecular formula is C14H22S2. The third-order valence-corrected chi connectivity index (χ3v) is 9.05. The van der Waals surface area contributed by atoms with Crippen LogP contribution in [0.2, 0.25) is 0 Å². The molecule has 0 N–H and O–H groups in total. The third-order valence-electron chi connectivity index (χ3n) is 6.82. The summed E-state index contributed by atoms with van der Waals surface area (Å²) in [4.78, 5) is 0. The predicted molar refractivity (Wildman–Crippen MR) is 74.2 cm³/mol. The van der Waals surface area contributed by atoms with Crippen molar-refractivity contribution in [3.8, 4) is 0 Å². The number of rotatable bonds is 1. The van der Waals surface area contributed by atoms with E-state index in [1.165, 1.54) is 25.0 Å². The van der Waals surface area contributed by atoms with Crippen LogP contribution in [0.5, 0.6) is 0 Å². The minimum absolute atomic E-state index is 0.730. The lowest BCUT2D eigenvalue weighted by atomic mass is 9.26. The zero-order valence-corrected chi connectivity index (χ0v) is 12.0. The van der Waals surface area contributed by atoms with Crippen LogP contribution in [-0.4, -0.2) is 16.3 Å². The van der Waals surface area contributed by atoms with Gasteiger partial charge in [-0.3, -0.25) is 0 Å². The van der Waals surface area contributed by atoms with E-state index in [4.69, 9.17) is 12.6 Å². The van der Waals surface area contributed by atoms with Gasteiger partial charge < -0.3 is 0 Å². The highest BCUT2D eigenvalue weighted by Gasteiger charge is 2.84. The van der Waals surface area contributed by atoms with Crippen LogP contribution in [0, 0.1) is 28.6 Å². The maximum Gasteiger partial charge on any atom is 0.0121 e. The summed E-state index contributed by atoms with van der Waals surface area (Å²) < 4.78 is 0. The van der Waals surface area contributed by atoms with Crippen molar-refractivity contribution < 1.29 is 0 Å². The van der Waals surface area contributed by atoms with Crippen LogP contribution in [0.3, 0.4) is 0 Å². The second-order valence-electron chi connectivity index (χ2n) is 6.65. The van der Waals surface area contributed by atoms with E-state index in [1.54, 1.807) is 6.42 Å². The van der Waals surface area contributed by atoms with Crippen molar-refractivity contribution in [2.24, 2.45) is 28.6 Å². The van der Waals surface area contributed by atoms with E-state index in [2.05, 4.69) is 25.6 Å². The fourth-order valence-electron chi connectivity index (χ4n) is 6.48. The van der Waals surface area contributed by atoms with E-state index in [-0.39, 0.29) is 0 Å². The van der Waals surface area contributed by atoms with Crippen LogP contribution >= 0.6 is 24.4 Å². The molecule has 0 aromatic carbocycles. The third kappa shape index (κ3) is 0.774. The van der Waals surface area contributed by atoms with Crippen LogP contribution < -0.4 is 0 Å². The number of thiol groups is 1. The first-order chi connectivity index (χ1) is 7.68. The van der Waals surface area contributed by atoms with E-state index in [0.717, 1.165) is 39.1 Å². The first kappa shape index (κ1) is 10.6. The molecule has 7 unspecified atom stereocenters. The topological polar surface area (TPSA) is 0 Å². The van der Waals surface area contributed by atoms with Crippen LogP contribution in [0.1, 0.15) is 39.5 Å². The lowest BCUT2D eigenvalue weighted by molar-refractivity contribution is -0.284. The maximum atomic E-state index is 4.92. The fourth-order valence-corrected chi connectivity index (χ4v) is 9.20. The minimum Gasteiger partial charge on any atom is -0.176 e. The van der Waals surface area contributed by atoms with Crippen molar-refractivity contribution in [1.29, 1.82) is 0 Å². The highest BCUT2D eigenvalue weighted by atomic mass is 32.2. The predicted octanol–water partition coefficient (Wildman–Crippen LogP) is 3.86. The Labute approximate surface area is 109 Å². The second kappa shape index (κ2) is 2.99. The molecule has 0 aromatic rings. The lowest BCUT2D eigenvalue weighted by Gasteiger charge is -2.79. The molecule has 4 rings (SSSR count). The van der Waals surface area contributed by atoms with Crippen molar-refractivity contribution in [3.63, 3.8) is 0 Å². The summed E-state index contributed by atoms with van der Waals surface area (Å²) in [6.45, 7) is 4.99. The molecule has 16 heavy (non-hydrogen) atoms. The number of hydrogen-bond donors (Lipinski definition) is 1.